The third-order valence-electron chi connectivity index (χ3n) is 5.81. The predicted molar refractivity (Wildman–Crippen MR) is 130 cm³/mol. The first kappa shape index (κ1) is 24.2. The Hall–Kier alpha value is -4.48. The van der Waals surface area contributed by atoms with Gasteiger partial charge in [0.05, 0.1) is 17.4 Å². The molecule has 37 heavy (non-hydrogen) atoms. The second kappa shape index (κ2) is 9.19. The summed E-state index contributed by atoms with van der Waals surface area (Å²) in [5.74, 6) is -0.457. The summed E-state index contributed by atoms with van der Waals surface area (Å²) in [6.07, 6.45) is 4.05. The molecule has 0 spiro atoms. The molecule has 5 aromatic rings. The SMILES string of the molecule is Cn1cc(-c2cc3c(-c4ccc(CNC(=O)c5noc(C(C)(C)C)n5)c(C(F)F)c4)ncnn3c2)cn1. The van der Waals surface area contributed by atoms with Gasteiger partial charge in [-0.3, -0.25) is 9.48 Å². The van der Waals surface area contributed by atoms with Gasteiger partial charge in [-0.2, -0.15) is 15.2 Å². The molecule has 0 unspecified atom stereocenters. The van der Waals surface area contributed by atoms with E-state index in [1.54, 1.807) is 27.5 Å². The summed E-state index contributed by atoms with van der Waals surface area (Å²) in [7, 11) is 1.83. The van der Waals surface area contributed by atoms with Gasteiger partial charge in [-0.15, -0.1) is 0 Å². The molecule has 0 aliphatic carbocycles. The molecule has 4 heterocycles. The minimum Gasteiger partial charge on any atom is -0.345 e. The van der Waals surface area contributed by atoms with E-state index in [2.05, 4.69) is 30.6 Å². The van der Waals surface area contributed by atoms with Crippen LogP contribution in [0.25, 0.3) is 27.9 Å². The van der Waals surface area contributed by atoms with Gasteiger partial charge in [0.15, 0.2) is 0 Å². The van der Waals surface area contributed by atoms with Crippen molar-refractivity contribution in [1.29, 1.82) is 0 Å². The average Bonchev–Trinajstić information content (AvgIpc) is 3.60. The van der Waals surface area contributed by atoms with Crippen molar-refractivity contribution in [3.8, 4) is 22.4 Å². The summed E-state index contributed by atoms with van der Waals surface area (Å²) in [4.78, 5) is 20.9. The van der Waals surface area contributed by atoms with E-state index in [0.717, 1.165) is 11.1 Å². The summed E-state index contributed by atoms with van der Waals surface area (Å²) in [6.45, 7) is 5.49. The molecule has 0 atom stereocenters. The summed E-state index contributed by atoms with van der Waals surface area (Å²) < 4.78 is 36.6. The van der Waals surface area contributed by atoms with Crippen molar-refractivity contribution in [2.75, 3.05) is 0 Å². The fourth-order valence-electron chi connectivity index (χ4n) is 3.86. The van der Waals surface area contributed by atoms with Crippen molar-refractivity contribution in [3.63, 3.8) is 0 Å². The highest BCUT2D eigenvalue weighted by atomic mass is 19.3. The Morgan fingerprint density at radius 3 is 2.59 bits per heavy atom. The van der Waals surface area contributed by atoms with E-state index < -0.39 is 17.7 Å². The predicted octanol–water partition coefficient (Wildman–Crippen LogP) is 4.34. The topological polar surface area (TPSA) is 116 Å². The van der Waals surface area contributed by atoms with E-state index in [9.17, 15) is 13.6 Å². The quantitative estimate of drug-likeness (QED) is 0.364. The van der Waals surface area contributed by atoms with Crippen molar-refractivity contribution in [2.24, 2.45) is 7.05 Å². The van der Waals surface area contributed by atoms with Crippen molar-refractivity contribution in [2.45, 2.75) is 39.2 Å². The number of rotatable bonds is 6. The molecule has 0 aliphatic heterocycles. The van der Waals surface area contributed by atoms with Gasteiger partial charge in [0.25, 0.3) is 18.2 Å². The number of fused-ring (bicyclic) bond motifs is 1. The first-order valence-electron chi connectivity index (χ1n) is 11.5. The number of aryl methyl sites for hydroxylation is 1. The van der Waals surface area contributed by atoms with Crippen LogP contribution < -0.4 is 5.32 Å². The van der Waals surface area contributed by atoms with Crippen molar-refractivity contribution in [3.05, 3.63) is 72.0 Å². The highest BCUT2D eigenvalue weighted by Crippen LogP contribution is 2.32. The highest BCUT2D eigenvalue weighted by Gasteiger charge is 2.24. The maximum absolute atomic E-state index is 14.0. The van der Waals surface area contributed by atoms with E-state index in [4.69, 9.17) is 4.52 Å². The minimum absolute atomic E-state index is 0.131. The maximum atomic E-state index is 14.0. The third-order valence-corrected chi connectivity index (χ3v) is 5.81. The molecule has 0 saturated heterocycles. The molecular weight excluding hydrogens is 482 g/mol. The molecule has 5 rings (SSSR count). The molecule has 1 amide bonds. The fraction of sp³-hybridized carbons (Fsp3) is 0.280. The van der Waals surface area contributed by atoms with Gasteiger partial charge >= 0.3 is 0 Å². The van der Waals surface area contributed by atoms with Crippen LogP contribution in [0, 0.1) is 0 Å². The second-order valence-electron chi connectivity index (χ2n) is 9.64. The van der Waals surface area contributed by atoms with Gasteiger partial charge in [-0.25, -0.2) is 18.3 Å². The number of nitrogens with one attached hydrogen (secondary N) is 1. The monoisotopic (exact) mass is 506 g/mol. The first-order valence-corrected chi connectivity index (χ1v) is 11.5. The van der Waals surface area contributed by atoms with Crippen LogP contribution in [0.5, 0.6) is 0 Å². The lowest BCUT2D eigenvalue weighted by Gasteiger charge is -2.12. The van der Waals surface area contributed by atoms with E-state index in [1.807, 2.05) is 46.3 Å². The minimum atomic E-state index is -2.76. The van der Waals surface area contributed by atoms with Gasteiger partial charge in [-0.1, -0.05) is 38.1 Å². The standard InChI is InChI=1S/C25H24F2N8O2/c1-25(2,3)24-32-22(33-37-24)23(36)28-9-15-6-5-14(7-18(15)21(26)27)20-19-8-16(12-35(19)31-13-29-20)17-10-30-34(4)11-17/h5-8,10-13,21H,9H2,1-4H3,(H,28,36). The van der Waals surface area contributed by atoms with E-state index in [0.29, 0.717) is 22.7 Å². The van der Waals surface area contributed by atoms with E-state index in [-0.39, 0.29) is 23.5 Å². The molecule has 12 heteroatoms. The lowest BCUT2D eigenvalue weighted by atomic mass is 9.97. The molecule has 4 aromatic heterocycles. The van der Waals surface area contributed by atoms with Crippen LogP contribution in [0.3, 0.4) is 0 Å². The number of carbonyl (C=O) groups excluding carboxylic acids is 1. The Kier molecular flexibility index (Phi) is 6.02. The van der Waals surface area contributed by atoms with Crippen LogP contribution in [0.2, 0.25) is 0 Å². The Bertz CT molecular complexity index is 1600. The second-order valence-corrected chi connectivity index (χ2v) is 9.64. The molecule has 0 saturated carbocycles. The summed E-state index contributed by atoms with van der Waals surface area (Å²) in [6, 6.07) is 6.52. The molecular formula is C25H24F2N8O2. The Labute approximate surface area is 210 Å². The average molecular weight is 507 g/mol. The van der Waals surface area contributed by atoms with Crippen LogP contribution in [0.1, 0.15) is 54.8 Å². The van der Waals surface area contributed by atoms with Crippen LogP contribution in [0.15, 0.2) is 53.7 Å². The van der Waals surface area contributed by atoms with Crippen LogP contribution in [-0.2, 0) is 19.0 Å². The zero-order valence-corrected chi connectivity index (χ0v) is 20.6. The normalized spacial score (nSPS) is 12.0. The van der Waals surface area contributed by atoms with Gasteiger partial charge in [0.2, 0.25) is 5.89 Å². The van der Waals surface area contributed by atoms with Crippen LogP contribution in [-0.4, -0.2) is 40.4 Å². The molecule has 0 radical (unpaired) electrons. The van der Waals surface area contributed by atoms with Crippen LogP contribution in [0.4, 0.5) is 8.78 Å². The Balaban J connectivity index is 1.42. The zero-order valence-electron chi connectivity index (χ0n) is 20.6. The Morgan fingerprint density at radius 2 is 1.92 bits per heavy atom. The number of halogens is 2. The molecule has 0 aliphatic rings. The number of carbonyl (C=O) groups is 1. The van der Waals surface area contributed by atoms with Crippen molar-refractivity contribution >= 4 is 11.4 Å². The molecule has 190 valence electrons. The number of hydrogen-bond acceptors (Lipinski definition) is 7. The number of amides is 1. The van der Waals surface area contributed by atoms with Gasteiger partial charge in [0, 0.05) is 53.7 Å². The molecule has 0 bridgehead atoms. The summed E-state index contributed by atoms with van der Waals surface area (Å²) in [5.41, 5.74) is 3.07. The van der Waals surface area contributed by atoms with Crippen molar-refractivity contribution < 1.29 is 18.1 Å². The number of benzene rings is 1. The number of alkyl halides is 2. The van der Waals surface area contributed by atoms with Gasteiger partial charge in [-0.05, 0) is 17.7 Å². The number of aromatic nitrogens is 7. The van der Waals surface area contributed by atoms with E-state index in [1.165, 1.54) is 12.4 Å². The summed E-state index contributed by atoms with van der Waals surface area (Å²) in [5, 5.41) is 14.7. The fourth-order valence-corrected chi connectivity index (χ4v) is 3.86. The highest BCUT2D eigenvalue weighted by molar-refractivity contribution is 5.90. The molecule has 10 nitrogen and oxygen atoms in total. The van der Waals surface area contributed by atoms with Crippen LogP contribution >= 0.6 is 0 Å². The number of hydrogen-bond donors (Lipinski definition) is 1. The zero-order chi connectivity index (χ0) is 26.3. The van der Waals surface area contributed by atoms with E-state index >= 15 is 0 Å². The smallest absolute Gasteiger partial charge is 0.292 e. The first-order chi connectivity index (χ1) is 17.6. The van der Waals surface area contributed by atoms with Gasteiger partial charge in [0.1, 0.15) is 6.33 Å². The maximum Gasteiger partial charge on any atom is 0.292 e. The molecule has 1 N–H and O–H groups in total. The Morgan fingerprint density at radius 1 is 1.11 bits per heavy atom. The van der Waals surface area contributed by atoms with Crippen molar-refractivity contribution in [1.82, 2.24) is 39.8 Å². The molecule has 1 aromatic carbocycles. The molecule has 0 fully saturated rings. The lowest BCUT2D eigenvalue weighted by molar-refractivity contribution is 0.0935. The van der Waals surface area contributed by atoms with Gasteiger partial charge < -0.3 is 9.84 Å². The number of nitrogens with zero attached hydrogens (tertiary/aromatic N) is 7. The summed E-state index contributed by atoms with van der Waals surface area (Å²) >= 11 is 0. The third kappa shape index (κ3) is 4.82. The largest absolute Gasteiger partial charge is 0.345 e. The lowest BCUT2D eigenvalue weighted by Crippen LogP contribution is -2.25.